The topological polar surface area (TPSA) is 74.6 Å². The fourth-order valence-corrected chi connectivity index (χ4v) is 0. The van der Waals surface area contributed by atoms with Crippen LogP contribution in [0.5, 0.6) is 0 Å². The maximum atomic E-state index is 8.74. The van der Waals surface area contributed by atoms with Crippen LogP contribution in [-0.4, -0.2) is 17.5 Å². The van der Waals surface area contributed by atoms with Gasteiger partial charge in [-0.2, -0.15) is 8.42 Å². The number of hydrogen-bond acceptors (Lipinski definition) is 2. The van der Waals surface area contributed by atoms with Crippen molar-refractivity contribution in [3.63, 3.8) is 0 Å². The number of hydrogen-bond donors (Lipinski definition) is 2. The Hall–Kier alpha value is -0.130. The van der Waals surface area contributed by atoms with Crippen molar-refractivity contribution in [2.45, 2.75) is 7.43 Å². The van der Waals surface area contributed by atoms with Crippen molar-refractivity contribution in [2.24, 2.45) is 0 Å². The Morgan fingerprint density at radius 3 is 1.17 bits per heavy atom. The minimum Gasteiger partial charge on any atom is -0.264 e. The molecule has 40 valence electrons. The minimum absolute atomic E-state index is 0. The molecule has 0 heterocycles. The molecule has 0 radical (unpaired) electrons. The molecule has 0 aromatic heterocycles. The number of rotatable bonds is 0. The fraction of sp³-hybridized carbons (Fsp3) is 1.00. The molecule has 0 aliphatic rings. The van der Waals surface area contributed by atoms with Gasteiger partial charge in [0.05, 0.1) is 0 Å². The van der Waals surface area contributed by atoms with E-state index < -0.39 is 10.4 Å². The van der Waals surface area contributed by atoms with Crippen LogP contribution in [0.4, 0.5) is 0 Å². The summed E-state index contributed by atoms with van der Waals surface area (Å²) >= 11 is 0. The third-order valence-electron chi connectivity index (χ3n) is 0. The molecule has 0 aromatic rings. The van der Waals surface area contributed by atoms with Gasteiger partial charge >= 0.3 is 10.4 Å². The Kier molecular flexibility index (Phi) is 3.28. The first-order chi connectivity index (χ1) is 2.00. The zero-order chi connectivity index (χ0) is 4.50. The van der Waals surface area contributed by atoms with Crippen LogP contribution >= 0.6 is 0 Å². The van der Waals surface area contributed by atoms with Crippen LogP contribution in [0.3, 0.4) is 0 Å². The maximum absolute atomic E-state index is 8.74. The monoisotopic (exact) mass is 114 g/mol. The summed E-state index contributed by atoms with van der Waals surface area (Å²) in [6, 6.07) is 0. The Morgan fingerprint density at radius 2 is 1.17 bits per heavy atom. The predicted molar refractivity (Wildman–Crippen MR) is 20.9 cm³/mol. The minimum atomic E-state index is -4.67. The lowest BCUT2D eigenvalue weighted by atomic mass is 12.0. The van der Waals surface area contributed by atoms with E-state index in [4.69, 9.17) is 17.5 Å². The normalized spacial score (nSPS) is 9.67. The molecular formula is CH6O4S. The second kappa shape index (κ2) is 2.12. The molecule has 2 N–H and O–H groups in total. The van der Waals surface area contributed by atoms with Gasteiger partial charge < -0.3 is 0 Å². The summed E-state index contributed by atoms with van der Waals surface area (Å²) in [5.74, 6) is 0. The van der Waals surface area contributed by atoms with E-state index in [1.54, 1.807) is 0 Å². The van der Waals surface area contributed by atoms with E-state index in [9.17, 15) is 0 Å². The molecule has 0 saturated carbocycles. The van der Waals surface area contributed by atoms with E-state index in [2.05, 4.69) is 0 Å². The van der Waals surface area contributed by atoms with Crippen LogP contribution in [0, 0.1) is 0 Å². The third kappa shape index (κ3) is 1890. The Balaban J connectivity index is 0. The van der Waals surface area contributed by atoms with E-state index in [-0.39, 0.29) is 7.43 Å². The van der Waals surface area contributed by atoms with Crippen LogP contribution in [0.1, 0.15) is 7.43 Å². The quantitative estimate of drug-likeness (QED) is 0.434. The van der Waals surface area contributed by atoms with Gasteiger partial charge in [0.1, 0.15) is 0 Å². The summed E-state index contributed by atoms with van der Waals surface area (Å²) < 4.78 is 31.6. The smallest absolute Gasteiger partial charge is 0.264 e. The van der Waals surface area contributed by atoms with E-state index >= 15 is 0 Å². The largest absolute Gasteiger partial charge is 0.394 e. The summed E-state index contributed by atoms with van der Waals surface area (Å²) in [5, 5.41) is 0. The standard InChI is InChI=1S/CH4.H2O4S/c;1-5(2,3)4/h1H4;(H2,1,2,3,4). The first-order valence-electron chi connectivity index (χ1n) is 0.698. The molecule has 4 nitrogen and oxygen atoms in total. The molecular weight excluding hydrogens is 108 g/mol. The molecule has 0 aromatic carbocycles. The third-order valence-corrected chi connectivity index (χ3v) is 0. The van der Waals surface area contributed by atoms with Crippen LogP contribution in [0.2, 0.25) is 0 Å². The fourth-order valence-electron chi connectivity index (χ4n) is 0. The summed E-state index contributed by atoms with van der Waals surface area (Å²) in [5.41, 5.74) is 0. The first-order valence-corrected chi connectivity index (χ1v) is 2.10. The lowest BCUT2D eigenvalue weighted by molar-refractivity contribution is 0.381. The van der Waals surface area contributed by atoms with Crippen molar-refractivity contribution in [3.8, 4) is 0 Å². The van der Waals surface area contributed by atoms with Gasteiger partial charge in [-0.25, -0.2) is 0 Å². The second-order valence-corrected chi connectivity index (χ2v) is 1.34. The molecule has 0 spiro atoms. The van der Waals surface area contributed by atoms with Crippen molar-refractivity contribution in [3.05, 3.63) is 0 Å². The molecule has 0 unspecified atom stereocenters. The van der Waals surface area contributed by atoms with Gasteiger partial charge in [-0.1, -0.05) is 7.43 Å². The van der Waals surface area contributed by atoms with Gasteiger partial charge in [0.15, 0.2) is 0 Å². The molecule has 5 heteroatoms. The molecule has 0 fully saturated rings. The van der Waals surface area contributed by atoms with Crippen molar-refractivity contribution in [1.29, 1.82) is 0 Å². The predicted octanol–water partition coefficient (Wildman–Crippen LogP) is -0.0167. The summed E-state index contributed by atoms with van der Waals surface area (Å²) in [4.78, 5) is 0. The van der Waals surface area contributed by atoms with Crippen LogP contribution in [0.15, 0.2) is 0 Å². The average Bonchev–Trinajstić information content (AvgIpc) is 0.722. The highest BCUT2D eigenvalue weighted by Gasteiger charge is 1.84. The van der Waals surface area contributed by atoms with E-state index in [0.717, 1.165) is 0 Å². The van der Waals surface area contributed by atoms with Crippen molar-refractivity contribution in [2.75, 3.05) is 0 Å². The Morgan fingerprint density at radius 1 is 1.17 bits per heavy atom. The highest BCUT2D eigenvalue weighted by Crippen LogP contribution is 1.59. The zero-order valence-electron chi connectivity index (χ0n) is 2.12. The summed E-state index contributed by atoms with van der Waals surface area (Å²) in [6.45, 7) is 0. The highest BCUT2D eigenvalue weighted by molar-refractivity contribution is 7.79. The summed E-state index contributed by atoms with van der Waals surface area (Å²) in [7, 11) is -4.67. The molecule has 0 rings (SSSR count). The second-order valence-electron chi connectivity index (χ2n) is 0.448. The van der Waals surface area contributed by atoms with Gasteiger partial charge in [0.25, 0.3) is 0 Å². The molecule has 0 bridgehead atoms. The van der Waals surface area contributed by atoms with E-state index in [1.807, 2.05) is 0 Å². The van der Waals surface area contributed by atoms with Crippen LogP contribution < -0.4 is 0 Å². The van der Waals surface area contributed by atoms with E-state index in [1.165, 1.54) is 0 Å². The Bertz CT molecular complexity index is 90.7. The van der Waals surface area contributed by atoms with Gasteiger partial charge in [-0.3, -0.25) is 9.11 Å². The van der Waals surface area contributed by atoms with Gasteiger partial charge in [-0.15, -0.1) is 0 Å². The SMILES string of the molecule is C.O=S(=O)(O)O. The Labute approximate surface area is 36.4 Å². The maximum Gasteiger partial charge on any atom is 0.394 e. The molecule has 6 heavy (non-hydrogen) atoms. The van der Waals surface area contributed by atoms with Gasteiger partial charge in [0.2, 0.25) is 0 Å². The van der Waals surface area contributed by atoms with Gasteiger partial charge in [0, 0.05) is 0 Å². The molecule has 0 aliphatic carbocycles. The first kappa shape index (κ1) is 9.30. The van der Waals surface area contributed by atoms with Crippen molar-refractivity contribution in [1.82, 2.24) is 0 Å². The lowest BCUT2D eigenvalue weighted by Gasteiger charge is -1.68. The van der Waals surface area contributed by atoms with Crippen LogP contribution in [-0.2, 0) is 10.4 Å². The average molecular weight is 114 g/mol. The van der Waals surface area contributed by atoms with Gasteiger partial charge in [-0.05, 0) is 0 Å². The highest BCUT2D eigenvalue weighted by atomic mass is 32.3. The molecule has 0 amide bonds. The molecule has 0 saturated heterocycles. The molecule has 0 aliphatic heterocycles. The lowest BCUT2D eigenvalue weighted by Crippen LogP contribution is -1.89. The molecule has 0 atom stereocenters. The zero-order valence-corrected chi connectivity index (χ0v) is 2.94. The van der Waals surface area contributed by atoms with E-state index in [0.29, 0.717) is 0 Å². The van der Waals surface area contributed by atoms with Crippen LogP contribution in [0.25, 0.3) is 0 Å². The summed E-state index contributed by atoms with van der Waals surface area (Å²) in [6.07, 6.45) is 0. The van der Waals surface area contributed by atoms with Crippen molar-refractivity contribution >= 4 is 10.4 Å². The van der Waals surface area contributed by atoms with Crippen molar-refractivity contribution < 1.29 is 17.5 Å².